The van der Waals surface area contributed by atoms with Crippen molar-refractivity contribution >= 4 is 10.2 Å². The molecule has 1 aliphatic heterocycles. The van der Waals surface area contributed by atoms with Crippen LogP contribution >= 0.6 is 0 Å². The van der Waals surface area contributed by atoms with E-state index >= 15 is 0 Å². The number of phenolic OH excluding ortho intramolecular Hbond substituents is 1. The van der Waals surface area contributed by atoms with Crippen molar-refractivity contribution in [2.24, 2.45) is 11.8 Å². The highest BCUT2D eigenvalue weighted by atomic mass is 32.2. The van der Waals surface area contributed by atoms with Gasteiger partial charge in [-0.3, -0.25) is 0 Å². The van der Waals surface area contributed by atoms with Crippen molar-refractivity contribution in [3.05, 3.63) is 29.3 Å². The number of halogens is 3. The first-order valence-corrected chi connectivity index (χ1v) is 9.70. The molecule has 25 heavy (non-hydrogen) atoms. The van der Waals surface area contributed by atoms with Gasteiger partial charge in [0.05, 0.1) is 5.54 Å². The van der Waals surface area contributed by atoms with Crippen molar-refractivity contribution in [3.63, 3.8) is 0 Å². The van der Waals surface area contributed by atoms with Gasteiger partial charge in [-0.15, -0.1) is 0 Å². The highest BCUT2D eigenvalue weighted by molar-refractivity contribution is 7.87. The molecule has 9 heteroatoms. The van der Waals surface area contributed by atoms with E-state index < -0.39 is 28.5 Å². The first-order chi connectivity index (χ1) is 11.6. The van der Waals surface area contributed by atoms with E-state index in [4.69, 9.17) is 0 Å². The Morgan fingerprint density at radius 3 is 2.48 bits per heavy atom. The second-order valence-electron chi connectivity index (χ2n) is 7.36. The molecule has 5 nitrogen and oxygen atoms in total. The molecule has 1 saturated carbocycles. The minimum absolute atomic E-state index is 0.0451. The maximum atomic E-state index is 12.8. The number of hydrogen-bond acceptors (Lipinski definition) is 3. The van der Waals surface area contributed by atoms with Crippen molar-refractivity contribution in [1.82, 2.24) is 9.03 Å². The molecule has 2 N–H and O–H groups in total. The van der Waals surface area contributed by atoms with Gasteiger partial charge in [-0.05, 0) is 60.8 Å². The van der Waals surface area contributed by atoms with Gasteiger partial charge in [0.25, 0.3) is 10.2 Å². The third-order valence-electron chi connectivity index (χ3n) is 5.90. The maximum absolute atomic E-state index is 12.8. The molecule has 138 valence electrons. The summed E-state index contributed by atoms with van der Waals surface area (Å²) in [5.41, 5.74) is 1.14. The first kappa shape index (κ1) is 17.1. The van der Waals surface area contributed by atoms with Gasteiger partial charge >= 0.3 is 6.18 Å². The normalized spacial score (nSPS) is 34.2. The molecule has 3 aliphatic rings. The lowest BCUT2D eigenvalue weighted by Gasteiger charge is -2.33. The molecule has 1 spiro atoms. The van der Waals surface area contributed by atoms with Crippen LogP contribution in [0, 0.1) is 11.8 Å². The van der Waals surface area contributed by atoms with E-state index in [1.165, 1.54) is 0 Å². The zero-order valence-corrected chi connectivity index (χ0v) is 14.2. The molecule has 2 bridgehead atoms. The third-order valence-corrected chi connectivity index (χ3v) is 7.47. The minimum Gasteiger partial charge on any atom is -0.508 e. The maximum Gasteiger partial charge on any atom is 0.402 e. The van der Waals surface area contributed by atoms with Gasteiger partial charge in [0.15, 0.2) is 0 Å². The molecule has 3 atom stereocenters. The number of alkyl halides is 3. The molecule has 0 amide bonds. The average molecular weight is 376 g/mol. The van der Waals surface area contributed by atoms with Gasteiger partial charge in [-0.2, -0.15) is 30.6 Å². The number of nitrogens with zero attached hydrogens (tertiary/aromatic N) is 1. The predicted molar refractivity (Wildman–Crippen MR) is 84.1 cm³/mol. The summed E-state index contributed by atoms with van der Waals surface area (Å²) in [6.07, 6.45) is -1.86. The van der Waals surface area contributed by atoms with E-state index in [0.29, 0.717) is 17.1 Å². The molecule has 2 fully saturated rings. The standard InChI is InChI=1S/C16H19F3N2O3S/c17-16(18,19)9-21-8-15(20-25(21,23)24)12-2-3-13(15)6-11-7-14(22)4-1-10(11)5-12/h1,4,7,12-13,20,22H,2-3,5-6,8-9H2. The average Bonchev–Trinajstić information content (AvgIpc) is 2.84. The van der Waals surface area contributed by atoms with Gasteiger partial charge < -0.3 is 5.11 Å². The number of nitrogens with one attached hydrogen (secondary N) is 1. The smallest absolute Gasteiger partial charge is 0.402 e. The van der Waals surface area contributed by atoms with Crippen molar-refractivity contribution < 1.29 is 26.7 Å². The lowest BCUT2D eigenvalue weighted by Crippen LogP contribution is -2.52. The van der Waals surface area contributed by atoms with E-state index in [0.717, 1.165) is 24.0 Å². The van der Waals surface area contributed by atoms with Crippen molar-refractivity contribution in [2.75, 3.05) is 13.1 Å². The summed E-state index contributed by atoms with van der Waals surface area (Å²) < 4.78 is 66.2. The van der Waals surface area contributed by atoms with Gasteiger partial charge in [0, 0.05) is 6.54 Å². The Kier molecular flexibility index (Phi) is 3.66. The van der Waals surface area contributed by atoms with Crippen LogP contribution in [-0.4, -0.2) is 42.6 Å². The number of phenols is 1. The van der Waals surface area contributed by atoms with Crippen LogP contribution in [0.4, 0.5) is 13.2 Å². The highest BCUT2D eigenvalue weighted by Gasteiger charge is 2.60. The summed E-state index contributed by atoms with van der Waals surface area (Å²) in [6, 6.07) is 5.11. The Labute approximate surface area is 144 Å². The summed E-state index contributed by atoms with van der Waals surface area (Å²) >= 11 is 0. The van der Waals surface area contributed by atoms with Crippen LogP contribution in [0.15, 0.2) is 18.2 Å². The molecule has 0 radical (unpaired) electrons. The molecular weight excluding hydrogens is 357 g/mol. The van der Waals surface area contributed by atoms with Crippen LogP contribution in [0.5, 0.6) is 5.75 Å². The number of fused-ring (bicyclic) bond motifs is 1. The van der Waals surface area contributed by atoms with Crippen LogP contribution in [0.1, 0.15) is 24.0 Å². The largest absolute Gasteiger partial charge is 0.508 e. The second-order valence-corrected chi connectivity index (χ2v) is 9.03. The van der Waals surface area contributed by atoms with Crippen molar-refractivity contribution in [1.29, 1.82) is 0 Å². The van der Waals surface area contributed by atoms with Crippen LogP contribution in [0.25, 0.3) is 0 Å². The van der Waals surface area contributed by atoms with Gasteiger partial charge in [-0.1, -0.05) is 6.07 Å². The second kappa shape index (κ2) is 5.34. The molecule has 1 aromatic carbocycles. The van der Waals surface area contributed by atoms with Crippen LogP contribution < -0.4 is 4.72 Å². The van der Waals surface area contributed by atoms with E-state index in [1.54, 1.807) is 12.1 Å². The Bertz CT molecular complexity index is 811. The Balaban J connectivity index is 1.70. The molecule has 4 rings (SSSR count). The summed E-state index contributed by atoms with van der Waals surface area (Å²) in [4.78, 5) is 0. The van der Waals surface area contributed by atoms with Crippen LogP contribution in [-0.2, 0) is 23.1 Å². The van der Waals surface area contributed by atoms with Crippen LogP contribution in [0.3, 0.4) is 0 Å². The number of benzene rings is 1. The third kappa shape index (κ3) is 2.82. The Morgan fingerprint density at radius 1 is 1.20 bits per heavy atom. The fourth-order valence-electron chi connectivity index (χ4n) is 4.83. The monoisotopic (exact) mass is 376 g/mol. The summed E-state index contributed by atoms with van der Waals surface area (Å²) in [5.74, 6) is 0.0288. The van der Waals surface area contributed by atoms with Gasteiger partial charge in [0.2, 0.25) is 0 Å². The SMILES string of the molecule is O=S1(=O)NC2(CN1CC(F)(F)F)C1CCC2Cc2cc(O)ccc2C1. The highest BCUT2D eigenvalue weighted by Crippen LogP contribution is 2.50. The lowest BCUT2D eigenvalue weighted by molar-refractivity contribution is -0.136. The first-order valence-electron chi connectivity index (χ1n) is 8.26. The van der Waals surface area contributed by atoms with E-state index in [9.17, 15) is 26.7 Å². The molecule has 1 saturated heterocycles. The Hall–Kier alpha value is -1.32. The fraction of sp³-hybridized carbons (Fsp3) is 0.625. The van der Waals surface area contributed by atoms with Gasteiger partial charge in [0.1, 0.15) is 12.3 Å². The topological polar surface area (TPSA) is 69.6 Å². The van der Waals surface area contributed by atoms with Gasteiger partial charge in [-0.25, -0.2) is 0 Å². The minimum atomic E-state index is -4.57. The summed E-state index contributed by atoms with van der Waals surface area (Å²) in [5, 5.41) is 9.72. The molecule has 1 heterocycles. The molecule has 1 aromatic rings. The van der Waals surface area contributed by atoms with E-state index in [1.807, 2.05) is 6.07 Å². The zero-order valence-electron chi connectivity index (χ0n) is 13.4. The molecule has 0 aromatic heterocycles. The number of hydrogen-bond donors (Lipinski definition) is 2. The van der Waals surface area contributed by atoms with Crippen molar-refractivity contribution in [3.8, 4) is 5.75 Å². The zero-order chi connectivity index (χ0) is 18.0. The fourth-order valence-corrected chi connectivity index (χ4v) is 6.54. The molecule has 3 unspecified atom stereocenters. The number of rotatable bonds is 1. The van der Waals surface area contributed by atoms with E-state index in [-0.39, 0.29) is 24.1 Å². The Morgan fingerprint density at radius 2 is 1.84 bits per heavy atom. The molecule has 2 aliphatic carbocycles. The van der Waals surface area contributed by atoms with E-state index in [2.05, 4.69) is 4.72 Å². The quantitative estimate of drug-likeness (QED) is 0.787. The molecular formula is C16H19F3N2O3S. The summed E-state index contributed by atoms with van der Waals surface area (Å²) in [7, 11) is -4.15. The lowest BCUT2D eigenvalue weighted by atomic mass is 9.79. The number of aromatic hydroxyl groups is 1. The predicted octanol–water partition coefficient (Wildman–Crippen LogP) is 1.97. The van der Waals surface area contributed by atoms with Crippen LogP contribution in [0.2, 0.25) is 0 Å². The van der Waals surface area contributed by atoms with Crippen molar-refractivity contribution in [2.45, 2.75) is 37.4 Å². The summed E-state index contributed by atoms with van der Waals surface area (Å²) in [6.45, 7) is -1.61.